The summed E-state index contributed by atoms with van der Waals surface area (Å²) in [6, 6.07) is 14.8. The van der Waals surface area contributed by atoms with Gasteiger partial charge in [-0.05, 0) is 87.5 Å². The fourth-order valence-corrected chi connectivity index (χ4v) is 3.11. The summed E-state index contributed by atoms with van der Waals surface area (Å²) in [7, 11) is 4.13. The first-order valence-corrected chi connectivity index (χ1v) is 9.93. The van der Waals surface area contributed by atoms with E-state index in [9.17, 15) is 0 Å². The second-order valence-corrected chi connectivity index (χ2v) is 8.00. The Labute approximate surface area is 164 Å². The van der Waals surface area contributed by atoms with Gasteiger partial charge in [0.15, 0.2) is 0 Å². The van der Waals surface area contributed by atoms with Gasteiger partial charge in [-0.1, -0.05) is 42.8 Å². The fraction of sp³-hybridized carbons (Fsp3) is 0.478. The molecule has 0 aliphatic carbocycles. The highest BCUT2D eigenvalue weighted by molar-refractivity contribution is 6.30. The maximum atomic E-state index is 5.95. The van der Waals surface area contributed by atoms with E-state index in [-0.39, 0.29) is 0 Å². The van der Waals surface area contributed by atoms with Crippen molar-refractivity contribution in [3.05, 3.63) is 64.2 Å². The second kappa shape index (κ2) is 10.6. The zero-order valence-corrected chi connectivity index (χ0v) is 17.4. The molecule has 0 saturated carbocycles. The Bertz CT molecular complexity index is 666. The van der Waals surface area contributed by atoms with Gasteiger partial charge in [-0.15, -0.1) is 0 Å². The zero-order chi connectivity index (χ0) is 18.9. The molecule has 2 aromatic carbocycles. The SMILES string of the molecule is Cc1cc(CCC(C)CCc2ccc(Cl)cc2)ccc1OCCN(C)C. The minimum Gasteiger partial charge on any atom is -0.492 e. The lowest BCUT2D eigenvalue weighted by Gasteiger charge is -2.14. The second-order valence-electron chi connectivity index (χ2n) is 7.56. The number of likely N-dealkylation sites (N-methyl/N-ethyl adjacent to an activating group) is 1. The van der Waals surface area contributed by atoms with Crippen molar-refractivity contribution in [2.45, 2.75) is 39.5 Å². The summed E-state index contributed by atoms with van der Waals surface area (Å²) in [5, 5.41) is 0.811. The average Bonchev–Trinajstić information content (AvgIpc) is 2.61. The summed E-state index contributed by atoms with van der Waals surface area (Å²) in [4.78, 5) is 2.13. The standard InChI is InChI=1S/C23H32ClNO/c1-18(5-7-20-9-12-22(24)13-10-20)6-8-21-11-14-23(19(2)17-21)26-16-15-25(3)4/h9-14,17-18H,5-8,15-16H2,1-4H3. The van der Waals surface area contributed by atoms with Crippen LogP contribution in [-0.4, -0.2) is 32.1 Å². The van der Waals surface area contributed by atoms with Crippen molar-refractivity contribution in [1.82, 2.24) is 4.90 Å². The van der Waals surface area contributed by atoms with E-state index in [2.05, 4.69) is 63.2 Å². The first-order valence-electron chi connectivity index (χ1n) is 9.55. The third kappa shape index (κ3) is 7.39. The van der Waals surface area contributed by atoms with Gasteiger partial charge in [0, 0.05) is 11.6 Å². The van der Waals surface area contributed by atoms with Crippen LogP contribution in [0.4, 0.5) is 0 Å². The predicted molar refractivity (Wildman–Crippen MR) is 112 cm³/mol. The van der Waals surface area contributed by atoms with Gasteiger partial charge in [0.1, 0.15) is 12.4 Å². The Morgan fingerprint density at radius 1 is 0.962 bits per heavy atom. The number of rotatable bonds is 10. The smallest absolute Gasteiger partial charge is 0.122 e. The van der Waals surface area contributed by atoms with E-state index in [1.54, 1.807) is 0 Å². The number of aryl methyl sites for hydroxylation is 3. The largest absolute Gasteiger partial charge is 0.492 e. The summed E-state index contributed by atoms with van der Waals surface area (Å²) in [5.74, 6) is 1.72. The molecule has 1 unspecified atom stereocenters. The van der Waals surface area contributed by atoms with E-state index in [4.69, 9.17) is 16.3 Å². The molecule has 0 radical (unpaired) electrons. The summed E-state index contributed by atoms with van der Waals surface area (Å²) in [5.41, 5.74) is 4.01. The average molecular weight is 374 g/mol. The molecule has 0 aliphatic rings. The van der Waals surface area contributed by atoms with Crippen LogP contribution in [0, 0.1) is 12.8 Å². The predicted octanol–water partition coefficient (Wildman–Crippen LogP) is 5.79. The number of halogens is 1. The van der Waals surface area contributed by atoms with Crippen LogP contribution in [0.5, 0.6) is 5.75 Å². The first kappa shape index (κ1) is 20.8. The molecule has 0 fully saturated rings. The van der Waals surface area contributed by atoms with Crippen LogP contribution in [0.25, 0.3) is 0 Å². The molecule has 0 N–H and O–H groups in total. The zero-order valence-electron chi connectivity index (χ0n) is 16.6. The van der Waals surface area contributed by atoms with Gasteiger partial charge in [0.05, 0.1) is 0 Å². The van der Waals surface area contributed by atoms with E-state index in [1.807, 2.05) is 12.1 Å². The highest BCUT2D eigenvalue weighted by Gasteiger charge is 2.06. The summed E-state index contributed by atoms with van der Waals surface area (Å²) < 4.78 is 5.87. The monoisotopic (exact) mass is 373 g/mol. The van der Waals surface area contributed by atoms with Gasteiger partial charge in [-0.25, -0.2) is 0 Å². The molecule has 0 saturated heterocycles. The number of benzene rings is 2. The third-order valence-corrected chi connectivity index (χ3v) is 5.05. The van der Waals surface area contributed by atoms with Crippen LogP contribution >= 0.6 is 11.6 Å². The van der Waals surface area contributed by atoms with E-state index in [0.29, 0.717) is 5.92 Å². The lowest BCUT2D eigenvalue weighted by molar-refractivity contribution is 0.260. The van der Waals surface area contributed by atoms with E-state index in [1.165, 1.54) is 29.5 Å². The third-order valence-electron chi connectivity index (χ3n) is 4.80. The lowest BCUT2D eigenvalue weighted by atomic mass is 9.94. The van der Waals surface area contributed by atoms with Crippen LogP contribution in [0.3, 0.4) is 0 Å². The molecule has 2 rings (SSSR count). The van der Waals surface area contributed by atoms with Crippen molar-refractivity contribution in [1.29, 1.82) is 0 Å². The van der Waals surface area contributed by atoms with E-state index < -0.39 is 0 Å². The molecule has 2 nitrogen and oxygen atoms in total. The molecule has 0 aliphatic heterocycles. The Balaban J connectivity index is 1.75. The molecule has 142 valence electrons. The molecule has 26 heavy (non-hydrogen) atoms. The molecular weight excluding hydrogens is 342 g/mol. The van der Waals surface area contributed by atoms with Crippen molar-refractivity contribution in [3.8, 4) is 5.75 Å². The number of hydrogen-bond donors (Lipinski definition) is 0. The van der Waals surface area contributed by atoms with Crippen molar-refractivity contribution < 1.29 is 4.74 Å². The minimum atomic E-state index is 0.710. The molecular formula is C23H32ClNO. The molecule has 0 spiro atoms. The van der Waals surface area contributed by atoms with Crippen molar-refractivity contribution in [3.63, 3.8) is 0 Å². The molecule has 3 heteroatoms. The van der Waals surface area contributed by atoms with Gasteiger partial charge < -0.3 is 9.64 Å². The van der Waals surface area contributed by atoms with Gasteiger partial charge >= 0.3 is 0 Å². The van der Waals surface area contributed by atoms with Gasteiger partial charge in [-0.2, -0.15) is 0 Å². The highest BCUT2D eigenvalue weighted by Crippen LogP contribution is 2.22. The van der Waals surface area contributed by atoms with Crippen LogP contribution in [-0.2, 0) is 12.8 Å². The van der Waals surface area contributed by atoms with Crippen LogP contribution in [0.15, 0.2) is 42.5 Å². The topological polar surface area (TPSA) is 12.5 Å². The quantitative estimate of drug-likeness (QED) is 0.522. The van der Waals surface area contributed by atoms with Crippen molar-refractivity contribution in [2.75, 3.05) is 27.2 Å². The van der Waals surface area contributed by atoms with Crippen molar-refractivity contribution >= 4 is 11.6 Å². The summed E-state index contributed by atoms with van der Waals surface area (Å²) in [6.07, 6.45) is 4.68. The number of nitrogens with zero attached hydrogens (tertiary/aromatic N) is 1. The van der Waals surface area contributed by atoms with Gasteiger partial charge in [0.25, 0.3) is 0 Å². The normalized spacial score (nSPS) is 12.4. The first-order chi connectivity index (χ1) is 12.4. The maximum absolute atomic E-state index is 5.95. The number of hydrogen-bond acceptors (Lipinski definition) is 2. The highest BCUT2D eigenvalue weighted by atomic mass is 35.5. The molecule has 0 bridgehead atoms. The van der Waals surface area contributed by atoms with E-state index >= 15 is 0 Å². The van der Waals surface area contributed by atoms with Crippen LogP contribution in [0.1, 0.15) is 36.5 Å². The van der Waals surface area contributed by atoms with Crippen molar-refractivity contribution in [2.24, 2.45) is 5.92 Å². The van der Waals surface area contributed by atoms with Crippen LogP contribution < -0.4 is 4.74 Å². The van der Waals surface area contributed by atoms with Gasteiger partial charge in [0.2, 0.25) is 0 Å². The Morgan fingerprint density at radius 3 is 2.19 bits per heavy atom. The molecule has 0 aromatic heterocycles. The molecule has 0 heterocycles. The summed E-state index contributed by atoms with van der Waals surface area (Å²) in [6.45, 7) is 6.15. The maximum Gasteiger partial charge on any atom is 0.122 e. The van der Waals surface area contributed by atoms with E-state index in [0.717, 1.165) is 36.8 Å². The molecule has 2 aromatic rings. The minimum absolute atomic E-state index is 0.710. The number of ether oxygens (including phenoxy) is 1. The lowest BCUT2D eigenvalue weighted by Crippen LogP contribution is -2.19. The molecule has 1 atom stereocenters. The van der Waals surface area contributed by atoms with Crippen LogP contribution in [0.2, 0.25) is 5.02 Å². The fourth-order valence-electron chi connectivity index (χ4n) is 2.99. The molecule has 0 amide bonds. The Hall–Kier alpha value is -1.51. The Kier molecular flexibility index (Phi) is 8.47. The van der Waals surface area contributed by atoms with Gasteiger partial charge in [-0.3, -0.25) is 0 Å². The Morgan fingerprint density at radius 2 is 1.58 bits per heavy atom. The summed E-state index contributed by atoms with van der Waals surface area (Å²) >= 11 is 5.95.